The first-order valence-corrected chi connectivity index (χ1v) is 4.93. The van der Waals surface area contributed by atoms with Crippen molar-refractivity contribution in [1.82, 2.24) is 5.32 Å². The summed E-state index contributed by atoms with van der Waals surface area (Å²) in [5, 5.41) is 2.99. The van der Waals surface area contributed by atoms with E-state index in [0.717, 1.165) is 6.54 Å². The van der Waals surface area contributed by atoms with E-state index in [2.05, 4.69) is 5.32 Å². The summed E-state index contributed by atoms with van der Waals surface area (Å²) >= 11 is 0. The molecule has 0 aliphatic heterocycles. The van der Waals surface area contributed by atoms with Crippen molar-refractivity contribution < 1.29 is 9.53 Å². The van der Waals surface area contributed by atoms with Crippen LogP contribution in [-0.2, 0) is 4.74 Å². The van der Waals surface area contributed by atoms with Crippen LogP contribution in [0.1, 0.15) is 24.2 Å². The number of nitrogens with one attached hydrogen (secondary N) is 1. The number of ether oxygens (including phenoxy) is 1. The van der Waals surface area contributed by atoms with Crippen LogP contribution in [0.25, 0.3) is 0 Å². The molecule has 15 heavy (non-hydrogen) atoms. The van der Waals surface area contributed by atoms with Crippen LogP contribution in [0, 0.1) is 0 Å². The molecule has 1 aromatic carbocycles. The number of carbonyl (C=O) groups excluding carboxylic acids is 1. The van der Waals surface area contributed by atoms with Crippen molar-refractivity contribution in [3.05, 3.63) is 29.8 Å². The summed E-state index contributed by atoms with van der Waals surface area (Å²) in [6.07, 6.45) is -0.278. The lowest BCUT2D eigenvalue weighted by atomic mass is 10.2. The van der Waals surface area contributed by atoms with Gasteiger partial charge in [-0.1, -0.05) is 6.92 Å². The molecule has 1 aromatic rings. The third-order valence-corrected chi connectivity index (χ3v) is 1.92. The fourth-order valence-corrected chi connectivity index (χ4v) is 1.18. The molecule has 1 atom stereocenters. The predicted octanol–water partition coefficient (Wildman–Crippen LogP) is 1.38. The fraction of sp³-hybridized carbons (Fsp3) is 0.364. The maximum atomic E-state index is 11.5. The van der Waals surface area contributed by atoms with Gasteiger partial charge in [0.05, 0.1) is 5.56 Å². The SMILES string of the molecule is CCNC(C)OC(=O)c1ccc(N)cc1. The lowest BCUT2D eigenvalue weighted by Gasteiger charge is -2.13. The minimum atomic E-state index is -0.344. The number of esters is 1. The average molecular weight is 208 g/mol. The zero-order chi connectivity index (χ0) is 11.3. The quantitative estimate of drug-likeness (QED) is 0.446. The molecule has 0 fully saturated rings. The van der Waals surface area contributed by atoms with E-state index in [1.165, 1.54) is 0 Å². The van der Waals surface area contributed by atoms with Crippen molar-refractivity contribution in [3.8, 4) is 0 Å². The number of benzene rings is 1. The van der Waals surface area contributed by atoms with Gasteiger partial charge < -0.3 is 10.5 Å². The molecule has 0 spiro atoms. The van der Waals surface area contributed by atoms with Gasteiger partial charge in [0, 0.05) is 5.69 Å². The van der Waals surface area contributed by atoms with Gasteiger partial charge in [-0.3, -0.25) is 5.32 Å². The molecule has 0 saturated heterocycles. The Morgan fingerprint density at radius 2 is 2.07 bits per heavy atom. The van der Waals surface area contributed by atoms with Crippen LogP contribution >= 0.6 is 0 Å². The van der Waals surface area contributed by atoms with Gasteiger partial charge in [0.2, 0.25) is 0 Å². The third-order valence-electron chi connectivity index (χ3n) is 1.92. The largest absolute Gasteiger partial charge is 0.443 e. The third kappa shape index (κ3) is 3.59. The van der Waals surface area contributed by atoms with Crippen LogP contribution in [0.4, 0.5) is 5.69 Å². The molecule has 0 heterocycles. The fourth-order valence-electron chi connectivity index (χ4n) is 1.18. The minimum Gasteiger partial charge on any atom is -0.443 e. The lowest BCUT2D eigenvalue weighted by molar-refractivity contribution is 0.0271. The van der Waals surface area contributed by atoms with Gasteiger partial charge in [-0.25, -0.2) is 4.79 Å². The highest BCUT2D eigenvalue weighted by Crippen LogP contribution is 2.07. The van der Waals surface area contributed by atoms with Crippen LogP contribution in [0.15, 0.2) is 24.3 Å². The van der Waals surface area contributed by atoms with Gasteiger partial charge >= 0.3 is 5.97 Å². The highest BCUT2D eigenvalue weighted by Gasteiger charge is 2.10. The number of anilines is 1. The molecule has 0 aliphatic rings. The molecule has 0 bridgehead atoms. The molecular weight excluding hydrogens is 192 g/mol. The summed E-state index contributed by atoms with van der Waals surface area (Å²) in [5.41, 5.74) is 6.65. The molecule has 4 heteroatoms. The van der Waals surface area contributed by atoms with Gasteiger partial charge in [0.1, 0.15) is 0 Å². The Labute approximate surface area is 89.4 Å². The molecule has 82 valence electrons. The molecule has 0 radical (unpaired) electrons. The van der Waals surface area contributed by atoms with E-state index in [-0.39, 0.29) is 12.2 Å². The van der Waals surface area contributed by atoms with Crippen LogP contribution in [0.3, 0.4) is 0 Å². The van der Waals surface area contributed by atoms with Gasteiger partial charge in [-0.2, -0.15) is 0 Å². The summed E-state index contributed by atoms with van der Waals surface area (Å²) in [5.74, 6) is -0.344. The monoisotopic (exact) mass is 208 g/mol. The molecule has 4 nitrogen and oxygen atoms in total. The Morgan fingerprint density at radius 3 is 2.60 bits per heavy atom. The molecule has 1 unspecified atom stereocenters. The van der Waals surface area contributed by atoms with E-state index >= 15 is 0 Å². The molecular formula is C11H16N2O2. The summed E-state index contributed by atoms with van der Waals surface area (Å²) < 4.78 is 5.13. The van der Waals surface area contributed by atoms with Crippen LogP contribution < -0.4 is 11.1 Å². The van der Waals surface area contributed by atoms with Crippen LogP contribution in [-0.4, -0.2) is 18.7 Å². The van der Waals surface area contributed by atoms with Crippen molar-refractivity contribution in [2.75, 3.05) is 12.3 Å². The normalized spacial score (nSPS) is 12.1. The second kappa shape index (κ2) is 5.36. The van der Waals surface area contributed by atoms with Crippen molar-refractivity contribution in [2.24, 2.45) is 0 Å². The molecule has 1 rings (SSSR count). The first-order valence-electron chi connectivity index (χ1n) is 4.93. The van der Waals surface area contributed by atoms with E-state index in [0.29, 0.717) is 11.3 Å². The Bertz CT molecular complexity index is 322. The second-order valence-corrected chi connectivity index (χ2v) is 3.23. The van der Waals surface area contributed by atoms with Crippen molar-refractivity contribution in [3.63, 3.8) is 0 Å². The van der Waals surface area contributed by atoms with Crippen molar-refractivity contribution >= 4 is 11.7 Å². The smallest absolute Gasteiger partial charge is 0.339 e. The van der Waals surface area contributed by atoms with E-state index in [4.69, 9.17) is 10.5 Å². The zero-order valence-electron chi connectivity index (χ0n) is 8.99. The number of hydrogen-bond acceptors (Lipinski definition) is 4. The first kappa shape index (κ1) is 11.5. The van der Waals surface area contributed by atoms with E-state index in [1.54, 1.807) is 31.2 Å². The van der Waals surface area contributed by atoms with Crippen LogP contribution in [0.2, 0.25) is 0 Å². The van der Waals surface area contributed by atoms with Gasteiger partial charge in [0.15, 0.2) is 6.23 Å². The van der Waals surface area contributed by atoms with Gasteiger partial charge in [-0.15, -0.1) is 0 Å². The molecule has 0 saturated carbocycles. The van der Waals surface area contributed by atoms with E-state index in [9.17, 15) is 4.79 Å². The average Bonchev–Trinajstić information content (AvgIpc) is 2.18. The summed E-state index contributed by atoms with van der Waals surface area (Å²) in [4.78, 5) is 11.5. The molecule has 3 N–H and O–H groups in total. The number of carbonyl (C=O) groups is 1. The van der Waals surface area contributed by atoms with Gasteiger partial charge in [-0.05, 0) is 37.7 Å². The van der Waals surface area contributed by atoms with Crippen LogP contribution in [0.5, 0.6) is 0 Å². The Hall–Kier alpha value is -1.55. The Morgan fingerprint density at radius 1 is 1.47 bits per heavy atom. The Kier molecular flexibility index (Phi) is 4.12. The maximum absolute atomic E-state index is 11.5. The first-order chi connectivity index (χ1) is 7.13. The zero-order valence-corrected chi connectivity index (χ0v) is 8.99. The topological polar surface area (TPSA) is 64.3 Å². The van der Waals surface area contributed by atoms with E-state index in [1.807, 2.05) is 6.92 Å². The van der Waals surface area contributed by atoms with E-state index < -0.39 is 0 Å². The number of nitrogens with two attached hydrogens (primary N) is 1. The summed E-state index contributed by atoms with van der Waals surface area (Å²) in [7, 11) is 0. The predicted molar refractivity (Wildman–Crippen MR) is 59.4 cm³/mol. The molecule has 0 aliphatic carbocycles. The summed E-state index contributed by atoms with van der Waals surface area (Å²) in [6, 6.07) is 6.65. The van der Waals surface area contributed by atoms with Crippen molar-refractivity contribution in [1.29, 1.82) is 0 Å². The molecule has 0 amide bonds. The highest BCUT2D eigenvalue weighted by molar-refractivity contribution is 5.89. The standard InChI is InChI=1S/C11H16N2O2/c1-3-13-8(2)15-11(14)9-4-6-10(12)7-5-9/h4-8,13H,3,12H2,1-2H3. The highest BCUT2D eigenvalue weighted by atomic mass is 16.6. The summed E-state index contributed by atoms with van der Waals surface area (Å²) in [6.45, 7) is 4.50. The maximum Gasteiger partial charge on any atom is 0.339 e. The minimum absolute atomic E-state index is 0.278. The second-order valence-electron chi connectivity index (χ2n) is 3.23. The number of rotatable bonds is 4. The lowest BCUT2D eigenvalue weighted by Crippen LogP contribution is -2.30. The number of nitrogen functional groups attached to an aromatic ring is 1. The molecule has 0 aromatic heterocycles. The number of hydrogen-bond donors (Lipinski definition) is 2. The van der Waals surface area contributed by atoms with Crippen molar-refractivity contribution in [2.45, 2.75) is 20.1 Å². The Balaban J connectivity index is 2.57. The van der Waals surface area contributed by atoms with Gasteiger partial charge in [0.25, 0.3) is 0 Å².